The molecule has 2 atom stereocenters. The molecule has 2 unspecified atom stereocenters. The van der Waals surface area contributed by atoms with E-state index < -0.39 is 41.0 Å². The Morgan fingerprint density at radius 3 is 2.14 bits per heavy atom. The zero-order valence-electron chi connectivity index (χ0n) is 18.8. The zero-order valence-corrected chi connectivity index (χ0v) is 18.8. The predicted octanol–water partition coefficient (Wildman–Crippen LogP) is 5.13. The number of halogens is 6. The SMILES string of the molecule is CC1N(C(=O)/C=C/c2ccc(C(F)(F)F)cc2)COC1(Cn1cncn1)c1ccc(C(F)(F)F)cc1. The number of amides is 1. The molecule has 0 aliphatic carbocycles. The van der Waals surface area contributed by atoms with Crippen LogP contribution in [0.5, 0.6) is 0 Å². The van der Waals surface area contributed by atoms with Gasteiger partial charge in [-0.15, -0.1) is 0 Å². The standard InChI is InChI=1S/C24H20F6N4O2/c1-16-22(12-33-14-31-13-32-33,18-7-9-20(10-8-18)24(28,29)30)36-15-34(16)21(35)11-4-17-2-5-19(6-3-17)23(25,26)27/h2-11,13-14,16H,12,15H2,1H3/b11-4+. The van der Waals surface area contributed by atoms with E-state index in [0.717, 1.165) is 24.3 Å². The summed E-state index contributed by atoms with van der Waals surface area (Å²) >= 11 is 0. The molecule has 12 heteroatoms. The Kier molecular flexibility index (Phi) is 6.65. The lowest BCUT2D eigenvalue weighted by Crippen LogP contribution is -2.45. The van der Waals surface area contributed by atoms with Crippen molar-refractivity contribution in [2.75, 3.05) is 6.73 Å². The predicted molar refractivity (Wildman–Crippen MR) is 116 cm³/mol. The summed E-state index contributed by atoms with van der Waals surface area (Å²) in [6.45, 7) is 1.62. The van der Waals surface area contributed by atoms with E-state index in [1.54, 1.807) is 6.92 Å². The van der Waals surface area contributed by atoms with Gasteiger partial charge in [0.1, 0.15) is 25.0 Å². The Morgan fingerprint density at radius 1 is 1.03 bits per heavy atom. The number of alkyl halides is 6. The summed E-state index contributed by atoms with van der Waals surface area (Å²) in [5.41, 5.74) is -2.04. The number of benzene rings is 2. The van der Waals surface area contributed by atoms with Crippen LogP contribution in [-0.4, -0.2) is 38.3 Å². The first-order valence-electron chi connectivity index (χ1n) is 10.7. The first-order valence-corrected chi connectivity index (χ1v) is 10.7. The van der Waals surface area contributed by atoms with E-state index in [1.165, 1.54) is 58.7 Å². The van der Waals surface area contributed by atoms with Crippen molar-refractivity contribution in [3.05, 3.63) is 89.5 Å². The van der Waals surface area contributed by atoms with Crippen LogP contribution in [0.25, 0.3) is 6.08 Å². The lowest BCUT2D eigenvalue weighted by molar-refractivity contribution is -0.138. The summed E-state index contributed by atoms with van der Waals surface area (Å²) in [5, 5.41) is 4.06. The average Bonchev–Trinajstić information content (AvgIpc) is 3.45. The first-order chi connectivity index (χ1) is 16.9. The van der Waals surface area contributed by atoms with Gasteiger partial charge in [0.2, 0.25) is 5.91 Å². The van der Waals surface area contributed by atoms with E-state index in [9.17, 15) is 31.1 Å². The highest BCUT2D eigenvalue weighted by Gasteiger charge is 2.50. The molecule has 1 aromatic heterocycles. The molecule has 1 aliphatic heterocycles. The van der Waals surface area contributed by atoms with Crippen molar-refractivity contribution in [1.29, 1.82) is 0 Å². The molecule has 1 amide bonds. The number of rotatable bonds is 5. The third-order valence-corrected chi connectivity index (χ3v) is 6.11. The second kappa shape index (κ2) is 9.41. The van der Waals surface area contributed by atoms with Gasteiger partial charge in [-0.1, -0.05) is 24.3 Å². The monoisotopic (exact) mass is 510 g/mol. The Bertz CT molecular complexity index is 1220. The third-order valence-electron chi connectivity index (χ3n) is 6.11. The van der Waals surface area contributed by atoms with Gasteiger partial charge >= 0.3 is 12.4 Å². The van der Waals surface area contributed by atoms with E-state index >= 15 is 0 Å². The van der Waals surface area contributed by atoms with E-state index in [-0.39, 0.29) is 13.3 Å². The topological polar surface area (TPSA) is 60.2 Å². The van der Waals surface area contributed by atoms with Crippen LogP contribution in [0.15, 0.2) is 67.3 Å². The first kappa shape index (κ1) is 25.4. The minimum absolute atomic E-state index is 0.0753. The Morgan fingerprint density at radius 2 is 1.61 bits per heavy atom. The Labute approximate surface area is 201 Å². The molecule has 0 spiro atoms. The molecule has 1 aliphatic rings. The molecule has 190 valence electrons. The molecular formula is C24H20F6N4O2. The van der Waals surface area contributed by atoms with Crippen LogP contribution in [0.4, 0.5) is 26.3 Å². The normalized spacial score (nSPS) is 20.9. The van der Waals surface area contributed by atoms with Crippen molar-refractivity contribution in [3.8, 4) is 0 Å². The van der Waals surface area contributed by atoms with Crippen molar-refractivity contribution in [2.24, 2.45) is 0 Å². The highest BCUT2D eigenvalue weighted by Crippen LogP contribution is 2.41. The second-order valence-electron chi connectivity index (χ2n) is 8.27. The molecule has 0 saturated carbocycles. The van der Waals surface area contributed by atoms with Crippen molar-refractivity contribution >= 4 is 12.0 Å². The highest BCUT2D eigenvalue weighted by molar-refractivity contribution is 5.92. The molecule has 2 heterocycles. The minimum atomic E-state index is -4.51. The van der Waals surface area contributed by atoms with Crippen LogP contribution < -0.4 is 0 Å². The number of hydrogen-bond acceptors (Lipinski definition) is 4. The van der Waals surface area contributed by atoms with Crippen molar-refractivity contribution in [2.45, 2.75) is 37.5 Å². The molecule has 0 N–H and O–H groups in total. The number of carbonyl (C=O) groups excluding carboxylic acids is 1. The van der Waals surface area contributed by atoms with E-state index in [1.807, 2.05) is 0 Å². The maximum atomic E-state index is 13.1. The number of nitrogens with zero attached hydrogens (tertiary/aromatic N) is 4. The summed E-state index contributed by atoms with van der Waals surface area (Å²) in [4.78, 5) is 18.2. The molecule has 3 aromatic rings. The maximum absolute atomic E-state index is 13.1. The molecule has 6 nitrogen and oxygen atoms in total. The van der Waals surface area contributed by atoms with Gasteiger partial charge in [0, 0.05) is 6.08 Å². The van der Waals surface area contributed by atoms with Gasteiger partial charge in [0.05, 0.1) is 23.7 Å². The van der Waals surface area contributed by atoms with Gasteiger partial charge < -0.3 is 9.64 Å². The van der Waals surface area contributed by atoms with Crippen molar-refractivity contribution < 1.29 is 35.9 Å². The fourth-order valence-corrected chi connectivity index (χ4v) is 4.06. The molecule has 1 saturated heterocycles. The van der Waals surface area contributed by atoms with Crippen molar-refractivity contribution in [1.82, 2.24) is 19.7 Å². The third kappa shape index (κ3) is 5.13. The van der Waals surface area contributed by atoms with Gasteiger partial charge in [-0.3, -0.25) is 4.79 Å². The summed E-state index contributed by atoms with van der Waals surface area (Å²) in [6.07, 6.45) is -3.66. The van der Waals surface area contributed by atoms with Crippen LogP contribution in [0.1, 0.15) is 29.2 Å². The van der Waals surface area contributed by atoms with Crippen LogP contribution in [-0.2, 0) is 34.0 Å². The maximum Gasteiger partial charge on any atom is 0.416 e. The summed E-state index contributed by atoms with van der Waals surface area (Å²) in [6, 6.07) is 8.20. The Hall–Kier alpha value is -3.67. The lowest BCUT2D eigenvalue weighted by atomic mass is 9.86. The number of aromatic nitrogens is 3. The smallest absolute Gasteiger partial charge is 0.346 e. The second-order valence-corrected chi connectivity index (χ2v) is 8.27. The summed E-state index contributed by atoms with van der Waals surface area (Å²) in [7, 11) is 0. The molecule has 1 fully saturated rings. The zero-order chi connectivity index (χ0) is 26.1. The lowest BCUT2D eigenvalue weighted by Gasteiger charge is -2.34. The highest BCUT2D eigenvalue weighted by atomic mass is 19.4. The molecular weight excluding hydrogens is 490 g/mol. The van der Waals surface area contributed by atoms with Gasteiger partial charge in [-0.05, 0) is 48.4 Å². The van der Waals surface area contributed by atoms with E-state index in [2.05, 4.69) is 10.1 Å². The molecule has 0 bridgehead atoms. The number of carbonyl (C=O) groups is 1. The molecule has 4 rings (SSSR count). The minimum Gasteiger partial charge on any atom is -0.346 e. The fourth-order valence-electron chi connectivity index (χ4n) is 4.06. The largest absolute Gasteiger partial charge is 0.416 e. The van der Waals surface area contributed by atoms with Crippen LogP contribution in [0, 0.1) is 0 Å². The van der Waals surface area contributed by atoms with Crippen LogP contribution in [0.3, 0.4) is 0 Å². The number of hydrogen-bond donors (Lipinski definition) is 0. The van der Waals surface area contributed by atoms with Crippen LogP contribution in [0.2, 0.25) is 0 Å². The average molecular weight is 510 g/mol. The van der Waals surface area contributed by atoms with E-state index in [4.69, 9.17) is 4.74 Å². The van der Waals surface area contributed by atoms with Crippen LogP contribution >= 0.6 is 0 Å². The van der Waals surface area contributed by atoms with Gasteiger partial charge in [0.25, 0.3) is 0 Å². The van der Waals surface area contributed by atoms with Gasteiger partial charge in [-0.2, -0.15) is 31.4 Å². The van der Waals surface area contributed by atoms with Crippen molar-refractivity contribution in [3.63, 3.8) is 0 Å². The van der Waals surface area contributed by atoms with E-state index in [0.29, 0.717) is 11.1 Å². The molecule has 0 radical (unpaired) electrons. The molecule has 36 heavy (non-hydrogen) atoms. The summed E-state index contributed by atoms with van der Waals surface area (Å²) in [5.74, 6) is -0.477. The van der Waals surface area contributed by atoms with Gasteiger partial charge in [0.15, 0.2) is 0 Å². The Balaban J connectivity index is 1.58. The number of ether oxygens (including phenoxy) is 1. The molecule has 2 aromatic carbocycles. The fraction of sp³-hybridized carbons (Fsp3) is 0.292. The van der Waals surface area contributed by atoms with Gasteiger partial charge in [-0.25, -0.2) is 9.67 Å². The summed E-state index contributed by atoms with van der Waals surface area (Å²) < 4.78 is 85.0. The quantitative estimate of drug-likeness (QED) is 0.353.